The molecule has 0 radical (unpaired) electrons. The summed E-state index contributed by atoms with van der Waals surface area (Å²) in [7, 11) is 1.77. The van der Waals surface area contributed by atoms with E-state index in [0.717, 1.165) is 22.4 Å². The average Bonchev–Trinajstić information content (AvgIpc) is 2.93. The van der Waals surface area contributed by atoms with Crippen molar-refractivity contribution >= 4 is 23.2 Å². The predicted molar refractivity (Wildman–Crippen MR) is 114 cm³/mol. The second-order valence-corrected chi connectivity index (χ2v) is 7.54. The van der Waals surface area contributed by atoms with Crippen molar-refractivity contribution in [3.63, 3.8) is 0 Å². The Bertz CT molecular complexity index is 1060. The monoisotopic (exact) mass is 385 g/mol. The highest BCUT2D eigenvalue weighted by Gasteiger charge is 2.50. The number of hydrogen-bond donors (Lipinski definition) is 1. The van der Waals surface area contributed by atoms with E-state index in [2.05, 4.69) is 10.3 Å². The number of carbonyl (C=O) groups is 2. The zero-order chi connectivity index (χ0) is 20.4. The summed E-state index contributed by atoms with van der Waals surface area (Å²) < 4.78 is 0. The van der Waals surface area contributed by atoms with Gasteiger partial charge in [-0.1, -0.05) is 48.5 Å². The molecule has 0 saturated heterocycles. The number of aromatic nitrogens is 1. The molecule has 0 fully saturated rings. The summed E-state index contributed by atoms with van der Waals surface area (Å²) in [6.07, 6.45) is 3.85. The quantitative estimate of drug-likeness (QED) is 0.725. The topological polar surface area (TPSA) is 62.3 Å². The van der Waals surface area contributed by atoms with E-state index in [9.17, 15) is 9.59 Å². The second kappa shape index (κ2) is 7.51. The molecule has 29 heavy (non-hydrogen) atoms. The first kappa shape index (κ1) is 18.9. The molecule has 2 aromatic carbocycles. The number of nitrogens with one attached hydrogen (secondary N) is 1. The third-order valence-corrected chi connectivity index (χ3v) is 5.62. The molecule has 1 atom stereocenters. The summed E-state index contributed by atoms with van der Waals surface area (Å²) in [6, 6.07) is 19.4. The summed E-state index contributed by atoms with van der Waals surface area (Å²) in [5, 5.41) is 2.94. The van der Waals surface area contributed by atoms with Gasteiger partial charge < -0.3 is 10.2 Å². The minimum absolute atomic E-state index is 0.0550. The smallest absolute Gasteiger partial charge is 0.238 e. The molecule has 1 aromatic heterocycles. The van der Waals surface area contributed by atoms with Crippen LogP contribution in [0.25, 0.3) is 0 Å². The van der Waals surface area contributed by atoms with Gasteiger partial charge in [0.25, 0.3) is 0 Å². The van der Waals surface area contributed by atoms with E-state index in [-0.39, 0.29) is 18.2 Å². The second-order valence-electron chi connectivity index (χ2n) is 7.54. The average molecular weight is 385 g/mol. The number of likely N-dealkylation sites (N-methyl/N-ethyl adjacent to an activating group) is 1. The van der Waals surface area contributed by atoms with Crippen molar-refractivity contribution in [2.45, 2.75) is 25.2 Å². The van der Waals surface area contributed by atoms with Crippen LogP contribution in [0.3, 0.4) is 0 Å². The van der Waals surface area contributed by atoms with Gasteiger partial charge in [-0.2, -0.15) is 0 Å². The normalized spacial score (nSPS) is 17.9. The van der Waals surface area contributed by atoms with Crippen LogP contribution in [0.2, 0.25) is 0 Å². The number of para-hydroxylation sites is 1. The van der Waals surface area contributed by atoms with Gasteiger partial charge in [0.15, 0.2) is 0 Å². The van der Waals surface area contributed by atoms with E-state index in [1.54, 1.807) is 24.3 Å². The van der Waals surface area contributed by atoms with Gasteiger partial charge in [0.1, 0.15) is 0 Å². The standard InChI is InChI=1S/C24H23N3O2/c1-17-12-13-25-16-20(17)26-22(28)15-24(14-18-8-4-3-5-9-18)19-10-6-7-11-21(19)27(2)23(24)29/h3-13,16H,14-15H2,1-2H3,(H,26,28)/t24-/m1/s1. The van der Waals surface area contributed by atoms with E-state index < -0.39 is 5.41 Å². The zero-order valence-corrected chi connectivity index (χ0v) is 16.6. The van der Waals surface area contributed by atoms with Crippen molar-refractivity contribution in [2.24, 2.45) is 0 Å². The van der Waals surface area contributed by atoms with Crippen LogP contribution in [0.15, 0.2) is 73.1 Å². The van der Waals surface area contributed by atoms with E-state index >= 15 is 0 Å². The Morgan fingerprint density at radius 2 is 1.79 bits per heavy atom. The lowest BCUT2D eigenvalue weighted by atomic mass is 9.73. The number of rotatable bonds is 5. The number of fused-ring (bicyclic) bond motifs is 1. The van der Waals surface area contributed by atoms with Crippen LogP contribution in [-0.2, 0) is 21.4 Å². The molecule has 0 spiro atoms. The first-order valence-electron chi connectivity index (χ1n) is 9.63. The Balaban J connectivity index is 1.73. The zero-order valence-electron chi connectivity index (χ0n) is 16.6. The van der Waals surface area contributed by atoms with Crippen LogP contribution in [-0.4, -0.2) is 23.8 Å². The maximum absolute atomic E-state index is 13.5. The molecule has 5 heteroatoms. The summed E-state index contributed by atoms with van der Waals surface area (Å²) in [4.78, 5) is 32.3. The molecule has 0 aliphatic carbocycles. The lowest BCUT2D eigenvalue weighted by Gasteiger charge is -2.28. The van der Waals surface area contributed by atoms with Gasteiger partial charge >= 0.3 is 0 Å². The van der Waals surface area contributed by atoms with Gasteiger partial charge in [-0.25, -0.2) is 0 Å². The lowest BCUT2D eigenvalue weighted by molar-refractivity contribution is -0.127. The molecule has 2 amide bonds. The largest absolute Gasteiger partial charge is 0.324 e. The van der Waals surface area contributed by atoms with Crippen molar-refractivity contribution in [2.75, 3.05) is 17.3 Å². The van der Waals surface area contributed by atoms with Gasteiger partial charge in [0.2, 0.25) is 11.8 Å². The third-order valence-electron chi connectivity index (χ3n) is 5.62. The van der Waals surface area contributed by atoms with Crippen LogP contribution in [0.1, 0.15) is 23.1 Å². The summed E-state index contributed by atoms with van der Waals surface area (Å²) >= 11 is 0. The maximum atomic E-state index is 13.5. The Kier molecular flexibility index (Phi) is 4.89. The van der Waals surface area contributed by atoms with E-state index in [0.29, 0.717) is 12.1 Å². The number of amides is 2. The highest BCUT2D eigenvalue weighted by Crippen LogP contribution is 2.45. The molecular formula is C24H23N3O2. The van der Waals surface area contributed by atoms with Crippen molar-refractivity contribution in [1.82, 2.24) is 4.98 Å². The van der Waals surface area contributed by atoms with E-state index in [1.165, 1.54) is 0 Å². The molecular weight excluding hydrogens is 362 g/mol. The van der Waals surface area contributed by atoms with Crippen LogP contribution < -0.4 is 10.2 Å². The number of aryl methyl sites for hydroxylation is 1. The molecule has 5 nitrogen and oxygen atoms in total. The summed E-state index contributed by atoms with van der Waals surface area (Å²) in [5.41, 5.74) is 3.44. The first-order valence-corrected chi connectivity index (χ1v) is 9.63. The number of pyridine rings is 1. The SMILES string of the molecule is Cc1ccncc1NC(=O)C[C@@]1(Cc2ccccc2)C(=O)N(C)c2ccccc21. The number of anilines is 2. The molecule has 1 N–H and O–H groups in total. The summed E-state index contributed by atoms with van der Waals surface area (Å²) in [5.74, 6) is -0.254. The van der Waals surface area contributed by atoms with Gasteiger partial charge in [-0.3, -0.25) is 14.6 Å². The molecule has 0 bridgehead atoms. The fraction of sp³-hybridized carbons (Fsp3) is 0.208. The summed E-state index contributed by atoms with van der Waals surface area (Å²) in [6.45, 7) is 1.92. The molecule has 3 aromatic rings. The van der Waals surface area contributed by atoms with Gasteiger partial charge in [0, 0.05) is 25.4 Å². The van der Waals surface area contributed by atoms with Gasteiger partial charge in [-0.15, -0.1) is 0 Å². The van der Waals surface area contributed by atoms with Crippen LogP contribution in [0, 0.1) is 6.92 Å². The minimum atomic E-state index is -0.938. The molecule has 146 valence electrons. The third kappa shape index (κ3) is 3.40. The Labute approximate surface area is 170 Å². The number of benzene rings is 2. The maximum Gasteiger partial charge on any atom is 0.238 e. The van der Waals surface area contributed by atoms with Crippen LogP contribution >= 0.6 is 0 Å². The van der Waals surface area contributed by atoms with Crippen molar-refractivity contribution in [1.29, 1.82) is 0 Å². The van der Waals surface area contributed by atoms with Crippen LogP contribution in [0.5, 0.6) is 0 Å². The van der Waals surface area contributed by atoms with Gasteiger partial charge in [-0.05, 0) is 42.2 Å². The number of carbonyl (C=O) groups excluding carboxylic acids is 2. The molecule has 0 saturated carbocycles. The Hall–Kier alpha value is -3.47. The van der Waals surface area contributed by atoms with E-state index in [4.69, 9.17) is 0 Å². The fourth-order valence-electron chi connectivity index (χ4n) is 4.13. The van der Waals surface area contributed by atoms with E-state index in [1.807, 2.05) is 67.6 Å². The highest BCUT2D eigenvalue weighted by atomic mass is 16.2. The van der Waals surface area contributed by atoms with Crippen LogP contribution in [0.4, 0.5) is 11.4 Å². The predicted octanol–water partition coefficient (Wildman–Crippen LogP) is 3.88. The lowest BCUT2D eigenvalue weighted by Crippen LogP contribution is -2.43. The number of hydrogen-bond acceptors (Lipinski definition) is 3. The Morgan fingerprint density at radius 3 is 2.55 bits per heavy atom. The molecule has 1 aliphatic rings. The fourth-order valence-corrected chi connectivity index (χ4v) is 4.13. The molecule has 2 heterocycles. The highest BCUT2D eigenvalue weighted by molar-refractivity contribution is 6.11. The van der Waals surface area contributed by atoms with Gasteiger partial charge in [0.05, 0.1) is 17.3 Å². The molecule has 4 rings (SSSR count). The van der Waals surface area contributed by atoms with Crippen molar-refractivity contribution in [3.05, 3.63) is 89.7 Å². The van der Waals surface area contributed by atoms with Crippen molar-refractivity contribution < 1.29 is 9.59 Å². The van der Waals surface area contributed by atoms with Crippen molar-refractivity contribution in [3.8, 4) is 0 Å². The Morgan fingerprint density at radius 1 is 1.07 bits per heavy atom. The first-order chi connectivity index (χ1) is 14.0. The number of nitrogens with zero attached hydrogens (tertiary/aromatic N) is 2. The molecule has 0 unspecified atom stereocenters. The molecule has 1 aliphatic heterocycles. The minimum Gasteiger partial charge on any atom is -0.324 e.